The average molecular weight is 649 g/mol. The SMILES string of the molecule is CCOC(=O)C1=C(c2ccccc2)N=c2s/c(=C/c3cc(Br)c(N4CCCCC4)o3)c(=O)n2[C@H]1c1cccc(OC)c1. The number of hydrogen-bond acceptors (Lipinski definition) is 8. The molecular formula is C32H30BrN3O5S. The lowest BCUT2D eigenvalue weighted by atomic mass is 9.93. The third kappa shape index (κ3) is 5.36. The molecule has 2 aromatic carbocycles. The van der Waals surface area contributed by atoms with Crippen molar-refractivity contribution in [3.05, 3.63) is 107 Å². The van der Waals surface area contributed by atoms with Gasteiger partial charge in [0.2, 0.25) is 5.88 Å². The van der Waals surface area contributed by atoms with E-state index in [1.54, 1.807) is 24.7 Å². The van der Waals surface area contributed by atoms with Crippen LogP contribution < -0.4 is 24.5 Å². The maximum absolute atomic E-state index is 14.1. The smallest absolute Gasteiger partial charge is 0.338 e. The fourth-order valence-corrected chi connectivity index (χ4v) is 7.00. The van der Waals surface area contributed by atoms with Crippen LogP contribution in [0.25, 0.3) is 11.8 Å². The molecule has 0 spiro atoms. The van der Waals surface area contributed by atoms with Gasteiger partial charge in [-0.2, -0.15) is 0 Å². The van der Waals surface area contributed by atoms with Crippen LogP contribution >= 0.6 is 27.3 Å². The zero-order chi connectivity index (χ0) is 29.2. The first-order valence-electron chi connectivity index (χ1n) is 13.9. The maximum Gasteiger partial charge on any atom is 0.338 e. The molecule has 0 N–H and O–H groups in total. The molecule has 10 heteroatoms. The highest BCUT2D eigenvalue weighted by Crippen LogP contribution is 2.36. The highest BCUT2D eigenvalue weighted by atomic mass is 79.9. The highest BCUT2D eigenvalue weighted by molar-refractivity contribution is 9.10. The minimum Gasteiger partial charge on any atom is -0.497 e. The second-order valence-corrected chi connectivity index (χ2v) is 11.9. The van der Waals surface area contributed by atoms with Crippen molar-refractivity contribution < 1.29 is 18.7 Å². The van der Waals surface area contributed by atoms with Crippen LogP contribution in [0.5, 0.6) is 5.75 Å². The third-order valence-corrected chi connectivity index (χ3v) is 8.94. The molecule has 4 aromatic rings. The number of furan rings is 1. The van der Waals surface area contributed by atoms with Crippen molar-refractivity contribution in [2.24, 2.45) is 4.99 Å². The van der Waals surface area contributed by atoms with E-state index in [0.717, 1.165) is 41.9 Å². The van der Waals surface area contributed by atoms with Gasteiger partial charge in [-0.15, -0.1) is 0 Å². The molecule has 1 fully saturated rings. The van der Waals surface area contributed by atoms with Crippen molar-refractivity contribution in [2.45, 2.75) is 32.2 Å². The summed E-state index contributed by atoms with van der Waals surface area (Å²) in [6, 6.07) is 18.0. The van der Waals surface area contributed by atoms with Crippen LogP contribution in [0, 0.1) is 0 Å². The number of anilines is 1. The molecular weight excluding hydrogens is 618 g/mol. The van der Waals surface area contributed by atoms with Crippen molar-refractivity contribution in [3.63, 3.8) is 0 Å². The molecule has 0 radical (unpaired) electrons. The Morgan fingerprint density at radius 1 is 1.12 bits per heavy atom. The van der Waals surface area contributed by atoms with Gasteiger partial charge in [-0.3, -0.25) is 9.36 Å². The zero-order valence-electron chi connectivity index (χ0n) is 23.3. The highest BCUT2D eigenvalue weighted by Gasteiger charge is 2.35. The first kappa shape index (κ1) is 28.2. The summed E-state index contributed by atoms with van der Waals surface area (Å²) in [6.45, 7) is 3.82. The number of aromatic nitrogens is 1. The summed E-state index contributed by atoms with van der Waals surface area (Å²) in [6.07, 6.45) is 5.22. The van der Waals surface area contributed by atoms with E-state index in [1.165, 1.54) is 17.8 Å². The van der Waals surface area contributed by atoms with E-state index in [1.807, 2.05) is 60.7 Å². The lowest BCUT2D eigenvalue weighted by Crippen LogP contribution is -2.40. The molecule has 0 bridgehead atoms. The van der Waals surface area contributed by atoms with Gasteiger partial charge < -0.3 is 18.8 Å². The second-order valence-electron chi connectivity index (χ2n) is 10.1. The van der Waals surface area contributed by atoms with Crippen LogP contribution in [0.15, 0.2) is 84.9 Å². The standard InChI is InChI=1S/C32H30BrN3O5S/c1-3-40-31(38)26-27(20-11-6-4-7-12-20)34-32-36(28(26)21-13-10-14-22(17-21)39-2)29(37)25(42-32)19-23-18-24(33)30(41-23)35-15-8-5-9-16-35/h4,6-7,10-14,17-19,28H,3,5,8-9,15-16H2,1-2H3/b25-19+/t28-/m0/s1. The summed E-state index contributed by atoms with van der Waals surface area (Å²) in [5.41, 5.74) is 1.97. The predicted molar refractivity (Wildman–Crippen MR) is 167 cm³/mol. The van der Waals surface area contributed by atoms with Crippen LogP contribution in [0.1, 0.15) is 49.1 Å². The zero-order valence-corrected chi connectivity index (χ0v) is 25.7. The number of halogens is 1. The Morgan fingerprint density at radius 2 is 1.90 bits per heavy atom. The van der Waals surface area contributed by atoms with Gasteiger partial charge in [0.1, 0.15) is 11.5 Å². The van der Waals surface area contributed by atoms with Crippen molar-refractivity contribution in [1.82, 2.24) is 4.57 Å². The summed E-state index contributed by atoms with van der Waals surface area (Å²) in [7, 11) is 1.59. The number of methoxy groups -OCH3 is 1. The fraction of sp³-hybridized carbons (Fsp3) is 0.281. The number of thiazole rings is 1. The number of piperidine rings is 1. The van der Waals surface area contributed by atoms with E-state index in [2.05, 4.69) is 20.8 Å². The van der Waals surface area contributed by atoms with Gasteiger partial charge in [0.25, 0.3) is 5.56 Å². The van der Waals surface area contributed by atoms with Gasteiger partial charge in [-0.1, -0.05) is 53.8 Å². The molecule has 0 aliphatic carbocycles. The van der Waals surface area contributed by atoms with Crippen LogP contribution in [-0.2, 0) is 9.53 Å². The fourth-order valence-electron chi connectivity index (χ4n) is 5.46. The minimum absolute atomic E-state index is 0.187. The molecule has 42 heavy (non-hydrogen) atoms. The summed E-state index contributed by atoms with van der Waals surface area (Å²) in [5.74, 6) is 1.43. The normalized spacial score (nSPS) is 17.2. The Balaban J connectivity index is 1.56. The number of ether oxygens (including phenoxy) is 2. The minimum atomic E-state index is -0.778. The van der Waals surface area contributed by atoms with Crippen molar-refractivity contribution in [3.8, 4) is 5.75 Å². The van der Waals surface area contributed by atoms with E-state index in [0.29, 0.717) is 37.7 Å². The number of rotatable bonds is 7. The molecule has 4 heterocycles. The molecule has 6 rings (SSSR count). The third-order valence-electron chi connectivity index (χ3n) is 7.39. The Bertz CT molecular complexity index is 1830. The molecule has 0 amide bonds. The predicted octanol–water partition coefficient (Wildman–Crippen LogP) is 5.29. The number of hydrogen-bond donors (Lipinski definition) is 0. The van der Waals surface area contributed by atoms with E-state index in [9.17, 15) is 9.59 Å². The number of carbonyl (C=O) groups is 1. The van der Waals surface area contributed by atoms with Crippen LogP contribution in [-0.4, -0.2) is 37.3 Å². The molecule has 0 saturated carbocycles. The van der Waals surface area contributed by atoms with Gasteiger partial charge in [-0.05, 0) is 59.8 Å². The Hall–Kier alpha value is -3.89. The molecule has 216 valence electrons. The first-order chi connectivity index (χ1) is 20.5. The monoisotopic (exact) mass is 647 g/mol. The van der Waals surface area contributed by atoms with Crippen molar-refractivity contribution >= 4 is 50.9 Å². The number of esters is 1. The first-order valence-corrected chi connectivity index (χ1v) is 15.6. The van der Waals surface area contributed by atoms with Gasteiger partial charge >= 0.3 is 5.97 Å². The maximum atomic E-state index is 14.1. The van der Waals surface area contributed by atoms with Gasteiger partial charge in [0.05, 0.1) is 40.0 Å². The number of fused-ring (bicyclic) bond motifs is 1. The Labute approximate surface area is 255 Å². The molecule has 2 aromatic heterocycles. The van der Waals surface area contributed by atoms with E-state index in [-0.39, 0.29) is 12.2 Å². The quantitative estimate of drug-likeness (QED) is 0.254. The number of carbonyl (C=O) groups excluding carboxylic acids is 1. The lowest BCUT2D eigenvalue weighted by Gasteiger charge is -2.26. The van der Waals surface area contributed by atoms with Gasteiger partial charge in [0.15, 0.2) is 4.80 Å². The second kappa shape index (κ2) is 12.1. The Morgan fingerprint density at radius 3 is 2.64 bits per heavy atom. The summed E-state index contributed by atoms with van der Waals surface area (Å²) < 4.78 is 20.1. The molecule has 1 saturated heterocycles. The van der Waals surface area contributed by atoms with Crippen LogP contribution in [0.3, 0.4) is 0 Å². The van der Waals surface area contributed by atoms with E-state index in [4.69, 9.17) is 18.9 Å². The van der Waals surface area contributed by atoms with E-state index < -0.39 is 12.0 Å². The molecule has 2 aliphatic rings. The molecule has 1 atom stereocenters. The van der Waals surface area contributed by atoms with Gasteiger partial charge in [0, 0.05) is 30.8 Å². The summed E-state index contributed by atoms with van der Waals surface area (Å²) >= 11 is 4.91. The average Bonchev–Trinajstić information content (AvgIpc) is 3.55. The van der Waals surface area contributed by atoms with Crippen molar-refractivity contribution in [1.29, 1.82) is 0 Å². The topological polar surface area (TPSA) is 86.3 Å². The lowest BCUT2D eigenvalue weighted by molar-refractivity contribution is -0.138. The van der Waals surface area contributed by atoms with Crippen LogP contribution in [0.4, 0.5) is 5.88 Å². The summed E-state index contributed by atoms with van der Waals surface area (Å²) in [5, 5.41) is 0. The number of nitrogens with zero attached hydrogens (tertiary/aromatic N) is 3. The summed E-state index contributed by atoms with van der Waals surface area (Å²) in [4.78, 5) is 35.4. The van der Waals surface area contributed by atoms with Crippen LogP contribution in [0.2, 0.25) is 0 Å². The molecule has 0 unspecified atom stereocenters. The number of benzene rings is 2. The van der Waals surface area contributed by atoms with Crippen molar-refractivity contribution in [2.75, 3.05) is 31.7 Å². The molecule has 2 aliphatic heterocycles. The molecule has 8 nitrogen and oxygen atoms in total. The van der Waals surface area contributed by atoms with E-state index >= 15 is 0 Å². The Kier molecular flexibility index (Phi) is 8.17. The largest absolute Gasteiger partial charge is 0.497 e. The van der Waals surface area contributed by atoms with Gasteiger partial charge in [-0.25, -0.2) is 9.79 Å².